The Morgan fingerprint density at radius 1 is 0.595 bits per heavy atom. The highest BCUT2D eigenvalue weighted by atomic mass is 16.6. The largest absolute Gasteiger partial charge is 0.506 e. The number of nitrogens with one attached hydrogen (secondary N) is 4. The average molecular weight is 1030 g/mol. The maximum Gasteiger partial charge on any atom is 0.419 e. The third-order valence-electron chi connectivity index (χ3n) is 11.3. The van der Waals surface area contributed by atoms with E-state index >= 15 is 0 Å². The van der Waals surface area contributed by atoms with Crippen LogP contribution in [0.15, 0.2) is 78.2 Å². The van der Waals surface area contributed by atoms with E-state index in [9.17, 15) is 48.6 Å². The lowest BCUT2D eigenvalue weighted by Crippen LogP contribution is -2.38. The van der Waals surface area contributed by atoms with Crippen LogP contribution in [0.25, 0.3) is 32.7 Å². The fourth-order valence-electron chi connectivity index (χ4n) is 7.77. The molecule has 0 radical (unpaired) electrons. The molecule has 0 atom stereocenters. The molecule has 2 fully saturated rings. The highest BCUT2D eigenvalue weighted by Gasteiger charge is 2.23. The number of nitrogens with two attached hydrogens (primary N) is 1. The normalized spacial score (nSPS) is 12.9. The van der Waals surface area contributed by atoms with Crippen molar-refractivity contribution in [3.05, 3.63) is 124 Å². The number of ether oxygens (including phenoxy) is 3. The fourth-order valence-corrected chi connectivity index (χ4v) is 7.77. The summed E-state index contributed by atoms with van der Waals surface area (Å²) in [5.74, 6) is -3.68. The van der Waals surface area contributed by atoms with E-state index in [1.165, 1.54) is 38.5 Å². The molecule has 19 nitrogen and oxygen atoms in total. The molecule has 3 heterocycles. The Kier molecular flexibility index (Phi) is 27.7. The summed E-state index contributed by atoms with van der Waals surface area (Å²) in [6, 6.07) is 16.3. The van der Waals surface area contributed by atoms with E-state index in [-0.39, 0.29) is 77.2 Å². The van der Waals surface area contributed by atoms with E-state index in [1.54, 1.807) is 57.2 Å². The molecule has 0 aliphatic heterocycles. The van der Waals surface area contributed by atoms with E-state index in [0.717, 1.165) is 42.4 Å². The first kappa shape index (κ1) is 64.5. The second-order valence-electron chi connectivity index (χ2n) is 17.0. The molecule has 6 aromatic rings. The van der Waals surface area contributed by atoms with Gasteiger partial charge in [-0.1, -0.05) is 95.7 Å². The van der Waals surface area contributed by atoms with Gasteiger partial charge < -0.3 is 49.9 Å². The van der Waals surface area contributed by atoms with Crippen LogP contribution >= 0.6 is 0 Å². The van der Waals surface area contributed by atoms with Crippen LogP contribution < -0.4 is 33.6 Å². The van der Waals surface area contributed by atoms with Crippen LogP contribution in [0.5, 0.6) is 11.5 Å². The molecule has 8 rings (SSSR count). The standard InChI is InChI=1S/C17H20N2O3.C13H13NO4.C9H7NO3.C7H12O4.C6H13N.3CH4/c1-10-7-8-13-12(9-10)15(20)14(17(22)19-13)16(21)18-11-5-3-2-4-6-11;1-3-18-13(17)10-11(15)8-6-7(2)4-5-9(8)14-12(10)16;1-5-2-3-7-6(4-5)8(11)13-9(12)10-7;1-3-10-6(8)5-7(9)11-4-2;7-6-4-2-1-3-5-6;;;/h7-9,11H,2-6H2,1H3,(H,18,21)(H2,19,20,22);4-6H,3H2,1-2H3,(H2,14,15,16);2-4H,1H3,(H,10,12);3-5H2,1-2H3;6H,1-5,7H2;3*1H4. The SMILES string of the molecule is C.C.C.CCOC(=O)CC(=O)OCC.CCOC(=O)c1c(O)c2cc(C)ccc2[nH]c1=O.Cc1ccc2[nH]c(=O)c(C(=O)NC3CCCCC3)c(O)c2c1.Cc1ccc2[nH]c(=O)oc(=O)c2c1.NC1CCCCC1. The third kappa shape index (κ3) is 19.1. The first-order chi connectivity index (χ1) is 33.9. The number of pyridine rings is 2. The predicted molar refractivity (Wildman–Crippen MR) is 289 cm³/mol. The van der Waals surface area contributed by atoms with Crippen LogP contribution in [-0.2, 0) is 23.8 Å². The van der Waals surface area contributed by atoms with Crippen LogP contribution in [-0.4, -0.2) is 80.9 Å². The minimum atomic E-state index is -0.820. The molecule has 3 aromatic carbocycles. The molecule has 3 aromatic heterocycles. The first-order valence-electron chi connectivity index (χ1n) is 23.8. The number of amides is 1. The Morgan fingerprint density at radius 2 is 1.00 bits per heavy atom. The molecular formula is C55H77N5O14. The van der Waals surface area contributed by atoms with Gasteiger partial charge in [0.15, 0.2) is 5.56 Å². The molecule has 19 heteroatoms. The lowest BCUT2D eigenvalue weighted by molar-refractivity contribution is -0.153. The van der Waals surface area contributed by atoms with Crippen molar-refractivity contribution in [1.29, 1.82) is 0 Å². The Bertz CT molecular complexity index is 3020. The summed E-state index contributed by atoms with van der Waals surface area (Å²) in [7, 11) is 0. The summed E-state index contributed by atoms with van der Waals surface area (Å²) >= 11 is 0. The van der Waals surface area contributed by atoms with Gasteiger partial charge in [0.05, 0.1) is 41.8 Å². The van der Waals surface area contributed by atoms with Gasteiger partial charge in [-0.3, -0.25) is 29.0 Å². The van der Waals surface area contributed by atoms with E-state index in [2.05, 4.69) is 34.2 Å². The number of H-pyrrole nitrogens is 3. The number of carbonyl (C=O) groups excluding carboxylic acids is 4. The van der Waals surface area contributed by atoms with E-state index < -0.39 is 46.3 Å². The topological polar surface area (TPSA) is 303 Å². The molecule has 2 aliphatic carbocycles. The molecule has 0 saturated heterocycles. The molecule has 0 bridgehead atoms. The highest BCUT2D eigenvalue weighted by Crippen LogP contribution is 2.28. The quantitative estimate of drug-likeness (QED) is 0.0426. The number of aromatic hydroxyl groups is 2. The number of esters is 3. The maximum atomic E-state index is 12.4. The Morgan fingerprint density at radius 3 is 1.43 bits per heavy atom. The zero-order chi connectivity index (χ0) is 52.2. The monoisotopic (exact) mass is 1030 g/mol. The van der Waals surface area contributed by atoms with Gasteiger partial charge in [0.2, 0.25) is 0 Å². The van der Waals surface area contributed by atoms with Gasteiger partial charge >= 0.3 is 29.3 Å². The van der Waals surface area contributed by atoms with Crippen molar-refractivity contribution in [2.24, 2.45) is 5.73 Å². The molecule has 74 heavy (non-hydrogen) atoms. The van der Waals surface area contributed by atoms with Gasteiger partial charge in [-0.25, -0.2) is 14.4 Å². The minimum Gasteiger partial charge on any atom is -0.506 e. The van der Waals surface area contributed by atoms with Crippen LogP contribution in [0.3, 0.4) is 0 Å². The van der Waals surface area contributed by atoms with Crippen molar-refractivity contribution in [1.82, 2.24) is 20.3 Å². The summed E-state index contributed by atoms with van der Waals surface area (Å²) in [5, 5.41) is 24.6. The van der Waals surface area contributed by atoms with Crippen LogP contribution in [0.4, 0.5) is 0 Å². The number of aromatic nitrogens is 3. The smallest absolute Gasteiger partial charge is 0.419 e. The Hall–Kier alpha value is -7.54. The molecule has 0 spiro atoms. The lowest BCUT2D eigenvalue weighted by Gasteiger charge is -2.22. The van der Waals surface area contributed by atoms with Gasteiger partial charge in [0, 0.05) is 22.9 Å². The van der Waals surface area contributed by atoms with Gasteiger partial charge in [-0.15, -0.1) is 0 Å². The Labute approximate surface area is 431 Å². The van der Waals surface area contributed by atoms with E-state index in [0.29, 0.717) is 38.8 Å². The molecular weight excluding hydrogens is 955 g/mol. The van der Waals surface area contributed by atoms with Crippen molar-refractivity contribution in [2.75, 3.05) is 19.8 Å². The van der Waals surface area contributed by atoms with Gasteiger partial charge in [-0.05, 0) is 104 Å². The number of aromatic amines is 3. The predicted octanol–water partition coefficient (Wildman–Crippen LogP) is 8.80. The van der Waals surface area contributed by atoms with Crippen LogP contribution in [0.1, 0.15) is 151 Å². The zero-order valence-electron chi connectivity index (χ0n) is 41.1. The number of hydrogen-bond acceptors (Lipinski definition) is 15. The van der Waals surface area contributed by atoms with Crippen molar-refractivity contribution < 1.29 is 48.0 Å². The number of hydrogen-bond donors (Lipinski definition) is 7. The third-order valence-corrected chi connectivity index (χ3v) is 11.3. The Balaban J connectivity index is 0.000000479. The number of fused-ring (bicyclic) bond motifs is 3. The molecule has 406 valence electrons. The highest BCUT2D eigenvalue weighted by molar-refractivity contribution is 6.02. The molecule has 2 aliphatic rings. The van der Waals surface area contributed by atoms with Crippen molar-refractivity contribution in [3.8, 4) is 11.5 Å². The number of aryl methyl sites for hydroxylation is 3. The molecule has 0 unspecified atom stereocenters. The second-order valence-corrected chi connectivity index (χ2v) is 17.0. The molecule has 8 N–H and O–H groups in total. The average Bonchev–Trinajstić information content (AvgIpc) is 3.31. The summed E-state index contributed by atoms with van der Waals surface area (Å²) in [4.78, 5) is 98.7. The summed E-state index contributed by atoms with van der Waals surface area (Å²) in [6.45, 7) is 11.3. The van der Waals surface area contributed by atoms with E-state index in [4.69, 9.17) is 10.5 Å². The van der Waals surface area contributed by atoms with Gasteiger partial charge in [0.1, 0.15) is 23.5 Å². The van der Waals surface area contributed by atoms with Gasteiger partial charge in [0.25, 0.3) is 17.0 Å². The van der Waals surface area contributed by atoms with Crippen molar-refractivity contribution >= 4 is 56.5 Å². The minimum absolute atomic E-state index is 0. The second kappa shape index (κ2) is 31.8. The lowest BCUT2D eigenvalue weighted by atomic mass is 9.95. The van der Waals surface area contributed by atoms with Crippen LogP contribution in [0.2, 0.25) is 0 Å². The molecule has 1 amide bonds. The maximum absolute atomic E-state index is 12.4. The van der Waals surface area contributed by atoms with Crippen LogP contribution in [0, 0.1) is 20.8 Å². The summed E-state index contributed by atoms with van der Waals surface area (Å²) < 4.78 is 18.2. The number of benzene rings is 3. The summed E-state index contributed by atoms with van der Waals surface area (Å²) in [6.07, 6.45) is 11.6. The summed E-state index contributed by atoms with van der Waals surface area (Å²) in [5.41, 5.74) is 7.63. The number of rotatable bonds is 8. The molecule has 2 saturated carbocycles. The van der Waals surface area contributed by atoms with Crippen molar-refractivity contribution in [3.63, 3.8) is 0 Å². The van der Waals surface area contributed by atoms with Gasteiger partial charge in [-0.2, -0.15) is 0 Å². The number of carbonyl (C=O) groups is 4. The van der Waals surface area contributed by atoms with E-state index in [1.807, 2.05) is 39.0 Å². The van der Waals surface area contributed by atoms with Crippen molar-refractivity contribution in [2.45, 2.75) is 147 Å². The fraction of sp³-hybridized carbons (Fsp3) is 0.455. The zero-order valence-corrected chi connectivity index (χ0v) is 41.1. The first-order valence-corrected chi connectivity index (χ1v) is 23.8.